The van der Waals surface area contributed by atoms with Gasteiger partial charge in [0.05, 0.1) is 18.8 Å². The Kier molecular flexibility index (Phi) is 4.63. The average Bonchev–Trinajstić information content (AvgIpc) is 1.97. The molecule has 0 aliphatic rings. The normalized spacial score (nSPS) is 14.3. The van der Waals surface area contributed by atoms with Crippen LogP contribution in [0.1, 0.15) is 20.8 Å². The fourth-order valence-electron chi connectivity index (χ4n) is 0.909. The van der Waals surface area contributed by atoms with E-state index in [1.807, 2.05) is 4.72 Å². The Balaban J connectivity index is 4.30. The molecule has 7 heteroatoms. The van der Waals surface area contributed by atoms with Crippen LogP contribution in [0.3, 0.4) is 0 Å². The van der Waals surface area contributed by atoms with Gasteiger partial charge in [-0.2, -0.15) is 0 Å². The molecule has 0 spiro atoms. The molecule has 0 aromatic rings. The van der Waals surface area contributed by atoms with Crippen LogP contribution >= 0.6 is 0 Å². The third-order valence-corrected chi connectivity index (χ3v) is 3.30. The van der Waals surface area contributed by atoms with Gasteiger partial charge in [-0.3, -0.25) is 0 Å². The van der Waals surface area contributed by atoms with Crippen LogP contribution in [0.5, 0.6) is 0 Å². The first kappa shape index (κ1) is 14.7. The molecule has 0 amide bonds. The van der Waals surface area contributed by atoms with Crippen molar-refractivity contribution in [2.24, 2.45) is 11.1 Å². The van der Waals surface area contributed by atoms with E-state index >= 15 is 0 Å². The summed E-state index contributed by atoms with van der Waals surface area (Å²) < 4.78 is 49.8. The zero-order chi connectivity index (χ0) is 12.3. The lowest BCUT2D eigenvalue weighted by atomic mass is 10.0. The lowest BCUT2D eigenvalue weighted by Crippen LogP contribution is -2.43. The van der Waals surface area contributed by atoms with E-state index in [9.17, 15) is 17.2 Å². The summed E-state index contributed by atoms with van der Waals surface area (Å²) in [4.78, 5) is 0. The molecule has 0 saturated carbocycles. The molecule has 0 aliphatic carbocycles. The second-order valence-corrected chi connectivity index (χ2v) is 6.51. The van der Waals surface area contributed by atoms with Crippen LogP contribution in [0.15, 0.2) is 0 Å². The molecule has 0 radical (unpaired) electrons. The van der Waals surface area contributed by atoms with Crippen LogP contribution in [0, 0.1) is 5.41 Å². The van der Waals surface area contributed by atoms with Crippen molar-refractivity contribution in [3.63, 3.8) is 0 Å². The largest absolute Gasteiger partial charge is 0.325 e. The number of alkyl halides is 2. The summed E-state index contributed by atoms with van der Waals surface area (Å²) in [6, 6.07) is 0. The number of nitrogens with one attached hydrogen (secondary N) is 1. The molecule has 0 aromatic carbocycles. The van der Waals surface area contributed by atoms with E-state index in [0.717, 1.165) is 0 Å². The first-order chi connectivity index (χ1) is 6.47. The fourth-order valence-corrected chi connectivity index (χ4v) is 2.58. The van der Waals surface area contributed by atoms with Crippen LogP contribution in [-0.4, -0.2) is 33.2 Å². The minimum Gasteiger partial charge on any atom is -0.325 e. The van der Waals surface area contributed by atoms with Gasteiger partial charge in [-0.15, -0.1) is 0 Å². The van der Waals surface area contributed by atoms with Gasteiger partial charge in [0.2, 0.25) is 10.0 Å². The zero-order valence-corrected chi connectivity index (χ0v) is 10.00. The predicted molar refractivity (Wildman–Crippen MR) is 55.2 cm³/mol. The van der Waals surface area contributed by atoms with Gasteiger partial charge in [0.25, 0.3) is 5.92 Å². The van der Waals surface area contributed by atoms with E-state index in [1.54, 1.807) is 20.8 Å². The molecule has 0 bridgehead atoms. The minimum atomic E-state index is -3.67. The van der Waals surface area contributed by atoms with Gasteiger partial charge < -0.3 is 5.73 Å². The Morgan fingerprint density at radius 2 is 1.73 bits per heavy atom. The SMILES string of the molecule is CC(C)(C)CS(=O)(=O)NCC(F)(F)CN. The maximum absolute atomic E-state index is 12.7. The molecular weight excluding hydrogens is 226 g/mol. The van der Waals surface area contributed by atoms with Gasteiger partial charge in [-0.25, -0.2) is 21.9 Å². The molecule has 0 rings (SSSR count). The Bertz CT molecular complexity index is 296. The summed E-state index contributed by atoms with van der Waals surface area (Å²) in [7, 11) is -3.67. The van der Waals surface area contributed by atoms with Crippen molar-refractivity contribution in [1.82, 2.24) is 4.72 Å². The van der Waals surface area contributed by atoms with Crippen molar-refractivity contribution >= 4 is 10.0 Å². The summed E-state index contributed by atoms with van der Waals surface area (Å²) in [6.45, 7) is 3.33. The quantitative estimate of drug-likeness (QED) is 0.741. The number of sulfonamides is 1. The van der Waals surface area contributed by atoms with Gasteiger partial charge in [-0.05, 0) is 5.41 Å². The fraction of sp³-hybridized carbons (Fsp3) is 1.00. The lowest BCUT2D eigenvalue weighted by Gasteiger charge is -2.20. The van der Waals surface area contributed by atoms with Crippen LogP contribution in [0.4, 0.5) is 8.78 Å². The highest BCUT2D eigenvalue weighted by Crippen LogP contribution is 2.16. The molecule has 0 aliphatic heterocycles. The second kappa shape index (κ2) is 4.71. The molecule has 0 saturated heterocycles. The van der Waals surface area contributed by atoms with Gasteiger partial charge in [0.1, 0.15) is 0 Å². The van der Waals surface area contributed by atoms with Crippen molar-refractivity contribution in [3.8, 4) is 0 Å². The standard InChI is InChI=1S/C8H18F2N2O2S/c1-7(2,3)6-15(13,14)12-5-8(9,10)4-11/h12H,4-6,11H2,1-3H3. The van der Waals surface area contributed by atoms with E-state index in [2.05, 4.69) is 0 Å². The first-order valence-corrected chi connectivity index (χ1v) is 6.18. The van der Waals surface area contributed by atoms with E-state index in [0.29, 0.717) is 0 Å². The van der Waals surface area contributed by atoms with Gasteiger partial charge in [0, 0.05) is 0 Å². The monoisotopic (exact) mass is 244 g/mol. The summed E-state index contributed by atoms with van der Waals surface area (Å²) >= 11 is 0. The van der Waals surface area contributed by atoms with Crippen molar-refractivity contribution < 1.29 is 17.2 Å². The van der Waals surface area contributed by atoms with Gasteiger partial charge >= 0.3 is 0 Å². The minimum absolute atomic E-state index is 0.194. The molecule has 0 fully saturated rings. The molecule has 0 unspecified atom stereocenters. The van der Waals surface area contributed by atoms with Crippen LogP contribution in [-0.2, 0) is 10.0 Å². The van der Waals surface area contributed by atoms with Crippen LogP contribution < -0.4 is 10.5 Å². The highest BCUT2D eigenvalue weighted by Gasteiger charge is 2.30. The molecule has 3 N–H and O–H groups in total. The predicted octanol–water partition coefficient (Wildman–Crippen LogP) is 0.546. The van der Waals surface area contributed by atoms with Crippen LogP contribution in [0.2, 0.25) is 0 Å². The topological polar surface area (TPSA) is 72.2 Å². The number of hydrogen-bond donors (Lipinski definition) is 2. The molecule has 92 valence electrons. The van der Waals surface area contributed by atoms with Crippen molar-refractivity contribution in [3.05, 3.63) is 0 Å². The Labute approximate surface area is 89.3 Å². The molecular formula is C8H18F2N2O2S. The highest BCUT2D eigenvalue weighted by atomic mass is 32.2. The van der Waals surface area contributed by atoms with Gasteiger partial charge in [-0.1, -0.05) is 20.8 Å². The van der Waals surface area contributed by atoms with E-state index in [-0.39, 0.29) is 5.75 Å². The van der Waals surface area contributed by atoms with Crippen molar-refractivity contribution in [1.29, 1.82) is 0 Å². The molecule has 0 heterocycles. The number of rotatable bonds is 5. The van der Waals surface area contributed by atoms with Crippen LogP contribution in [0.25, 0.3) is 0 Å². The maximum atomic E-state index is 12.7. The molecule has 0 aromatic heterocycles. The number of halogens is 2. The van der Waals surface area contributed by atoms with E-state index < -0.39 is 34.5 Å². The third kappa shape index (κ3) is 7.64. The summed E-state index contributed by atoms with van der Waals surface area (Å²) in [5.74, 6) is -3.38. The first-order valence-electron chi connectivity index (χ1n) is 4.53. The lowest BCUT2D eigenvalue weighted by molar-refractivity contribution is 0.0170. The Hall–Kier alpha value is -0.270. The van der Waals surface area contributed by atoms with Crippen molar-refractivity contribution in [2.45, 2.75) is 26.7 Å². The smallest absolute Gasteiger partial charge is 0.273 e. The molecule has 15 heavy (non-hydrogen) atoms. The number of nitrogens with two attached hydrogens (primary N) is 1. The summed E-state index contributed by atoms with van der Waals surface area (Å²) in [5, 5.41) is 0. The molecule has 0 atom stereocenters. The van der Waals surface area contributed by atoms with Gasteiger partial charge in [0.15, 0.2) is 0 Å². The average molecular weight is 244 g/mol. The Morgan fingerprint density at radius 1 is 1.27 bits per heavy atom. The summed E-state index contributed by atoms with van der Waals surface area (Å²) in [6.07, 6.45) is 0. The summed E-state index contributed by atoms with van der Waals surface area (Å²) in [5.41, 5.74) is 4.31. The van der Waals surface area contributed by atoms with Crippen molar-refractivity contribution in [2.75, 3.05) is 18.8 Å². The van der Waals surface area contributed by atoms with E-state index in [4.69, 9.17) is 5.73 Å². The number of hydrogen-bond acceptors (Lipinski definition) is 3. The second-order valence-electron chi connectivity index (χ2n) is 4.70. The van der Waals surface area contributed by atoms with E-state index in [1.165, 1.54) is 0 Å². The Morgan fingerprint density at radius 3 is 2.07 bits per heavy atom. The third-order valence-electron chi connectivity index (χ3n) is 1.47. The highest BCUT2D eigenvalue weighted by molar-refractivity contribution is 7.89. The zero-order valence-electron chi connectivity index (χ0n) is 9.18. The molecule has 4 nitrogen and oxygen atoms in total. The maximum Gasteiger partial charge on any atom is 0.273 e.